The van der Waals surface area contributed by atoms with Crippen molar-refractivity contribution in [2.45, 2.75) is 17.6 Å². The molecular formula is C17H17F4N3O2S. The average Bonchev–Trinajstić information content (AvgIpc) is 2.62. The van der Waals surface area contributed by atoms with Gasteiger partial charge in [0.2, 0.25) is 10.0 Å². The average molecular weight is 403 g/mol. The van der Waals surface area contributed by atoms with Gasteiger partial charge in [-0.1, -0.05) is 6.07 Å². The molecule has 1 aromatic carbocycles. The topological polar surface area (TPSA) is 53.5 Å². The van der Waals surface area contributed by atoms with E-state index < -0.39 is 32.5 Å². The van der Waals surface area contributed by atoms with Crippen LogP contribution in [0.2, 0.25) is 0 Å². The maximum atomic E-state index is 13.4. The van der Waals surface area contributed by atoms with Crippen molar-refractivity contribution in [1.29, 1.82) is 0 Å². The molecule has 5 nitrogen and oxygen atoms in total. The summed E-state index contributed by atoms with van der Waals surface area (Å²) in [4.78, 5) is 5.67. The molecule has 1 aliphatic heterocycles. The standard InChI is InChI=1S/C17H17F4N3O2S/c18-16-5-4-14(11-15(16)17(19,20)21)27(25,26)24-9-7-23(8-10-24)12-13-3-1-2-6-22-13/h1-6,11H,7-10,12H2. The van der Waals surface area contributed by atoms with Crippen molar-refractivity contribution in [2.24, 2.45) is 0 Å². The molecule has 146 valence electrons. The van der Waals surface area contributed by atoms with Crippen molar-refractivity contribution in [1.82, 2.24) is 14.2 Å². The summed E-state index contributed by atoms with van der Waals surface area (Å²) in [5.74, 6) is -1.50. The first kappa shape index (κ1) is 19.7. The summed E-state index contributed by atoms with van der Waals surface area (Å²) in [5.41, 5.74) is -0.737. The van der Waals surface area contributed by atoms with E-state index in [-0.39, 0.29) is 13.1 Å². The largest absolute Gasteiger partial charge is 0.419 e. The van der Waals surface area contributed by atoms with Crippen molar-refractivity contribution in [3.63, 3.8) is 0 Å². The first-order valence-electron chi connectivity index (χ1n) is 8.17. The van der Waals surface area contributed by atoms with E-state index in [9.17, 15) is 26.0 Å². The van der Waals surface area contributed by atoms with Crippen LogP contribution in [-0.4, -0.2) is 48.8 Å². The molecule has 0 spiro atoms. The summed E-state index contributed by atoms with van der Waals surface area (Å²) >= 11 is 0. The summed E-state index contributed by atoms with van der Waals surface area (Å²) in [6.07, 6.45) is -3.29. The molecule has 0 radical (unpaired) electrons. The summed E-state index contributed by atoms with van der Waals surface area (Å²) in [5, 5.41) is 0. The number of sulfonamides is 1. The summed E-state index contributed by atoms with van der Waals surface area (Å²) in [6.45, 7) is 1.66. The van der Waals surface area contributed by atoms with Gasteiger partial charge in [0.25, 0.3) is 0 Å². The Hall–Kier alpha value is -2.04. The van der Waals surface area contributed by atoms with Gasteiger partial charge in [-0.05, 0) is 30.3 Å². The normalized spacial score (nSPS) is 17.2. The lowest BCUT2D eigenvalue weighted by Crippen LogP contribution is -2.48. The molecule has 0 atom stereocenters. The van der Waals surface area contributed by atoms with Gasteiger partial charge in [-0.3, -0.25) is 9.88 Å². The van der Waals surface area contributed by atoms with Crippen LogP contribution in [0.1, 0.15) is 11.3 Å². The molecule has 1 aliphatic rings. The molecule has 0 amide bonds. The molecule has 0 unspecified atom stereocenters. The molecule has 2 aromatic rings. The third kappa shape index (κ3) is 4.45. The van der Waals surface area contributed by atoms with Crippen LogP contribution in [0, 0.1) is 5.82 Å². The van der Waals surface area contributed by atoms with Crippen molar-refractivity contribution in [3.8, 4) is 0 Å². The Morgan fingerprint density at radius 1 is 1.04 bits per heavy atom. The zero-order valence-electron chi connectivity index (χ0n) is 14.2. The maximum absolute atomic E-state index is 13.4. The Morgan fingerprint density at radius 3 is 2.33 bits per heavy atom. The van der Waals surface area contributed by atoms with Crippen molar-refractivity contribution in [3.05, 3.63) is 59.7 Å². The molecule has 27 heavy (non-hydrogen) atoms. The Labute approximate surface area is 154 Å². The van der Waals surface area contributed by atoms with Crippen LogP contribution < -0.4 is 0 Å². The Bertz CT molecular complexity index is 896. The minimum atomic E-state index is -4.96. The highest BCUT2D eigenvalue weighted by Crippen LogP contribution is 2.33. The third-order valence-corrected chi connectivity index (χ3v) is 6.22. The lowest BCUT2D eigenvalue weighted by atomic mass is 10.2. The Morgan fingerprint density at radius 2 is 1.74 bits per heavy atom. The molecule has 1 fully saturated rings. The highest BCUT2D eigenvalue weighted by Gasteiger charge is 2.36. The number of nitrogens with zero attached hydrogens (tertiary/aromatic N) is 3. The van der Waals surface area contributed by atoms with Gasteiger partial charge in [-0.2, -0.15) is 17.5 Å². The number of pyridine rings is 1. The SMILES string of the molecule is O=S(=O)(c1ccc(F)c(C(F)(F)F)c1)N1CCN(Cc2ccccn2)CC1. The molecule has 10 heteroatoms. The second kappa shape index (κ2) is 7.53. The third-order valence-electron chi connectivity index (χ3n) is 4.32. The van der Waals surface area contributed by atoms with E-state index in [1.807, 2.05) is 17.0 Å². The molecule has 0 aliphatic carbocycles. The number of rotatable bonds is 4. The molecule has 2 heterocycles. The van der Waals surface area contributed by atoms with E-state index in [1.54, 1.807) is 12.3 Å². The lowest BCUT2D eigenvalue weighted by Gasteiger charge is -2.33. The minimum absolute atomic E-state index is 0.133. The van der Waals surface area contributed by atoms with E-state index in [1.165, 1.54) is 0 Å². The summed E-state index contributed by atoms with van der Waals surface area (Å²) in [7, 11) is -4.13. The van der Waals surface area contributed by atoms with E-state index in [0.29, 0.717) is 31.8 Å². The highest BCUT2D eigenvalue weighted by atomic mass is 32.2. The first-order valence-corrected chi connectivity index (χ1v) is 9.61. The van der Waals surface area contributed by atoms with Gasteiger partial charge in [-0.15, -0.1) is 0 Å². The molecular weight excluding hydrogens is 386 g/mol. The van der Waals surface area contributed by atoms with Crippen LogP contribution in [0.4, 0.5) is 17.6 Å². The number of hydrogen-bond donors (Lipinski definition) is 0. The lowest BCUT2D eigenvalue weighted by molar-refractivity contribution is -0.140. The number of benzene rings is 1. The molecule has 1 aromatic heterocycles. The summed E-state index contributed by atoms with van der Waals surface area (Å²) < 4.78 is 78.4. The number of alkyl halides is 3. The van der Waals surface area contributed by atoms with Crippen LogP contribution in [0.3, 0.4) is 0 Å². The van der Waals surface area contributed by atoms with Gasteiger partial charge in [0, 0.05) is 38.9 Å². The minimum Gasteiger partial charge on any atom is -0.295 e. The quantitative estimate of drug-likeness (QED) is 0.737. The van der Waals surface area contributed by atoms with Gasteiger partial charge in [-0.25, -0.2) is 12.8 Å². The van der Waals surface area contributed by atoms with E-state index in [2.05, 4.69) is 4.98 Å². The van der Waals surface area contributed by atoms with Gasteiger partial charge in [0.15, 0.2) is 0 Å². The fourth-order valence-corrected chi connectivity index (χ4v) is 4.33. The van der Waals surface area contributed by atoms with Crippen molar-refractivity contribution >= 4 is 10.0 Å². The predicted molar refractivity (Wildman–Crippen MR) is 89.7 cm³/mol. The van der Waals surface area contributed by atoms with Crippen LogP contribution in [0.5, 0.6) is 0 Å². The zero-order valence-corrected chi connectivity index (χ0v) is 15.0. The monoisotopic (exact) mass is 403 g/mol. The van der Waals surface area contributed by atoms with Crippen LogP contribution in [0.15, 0.2) is 47.5 Å². The Kier molecular flexibility index (Phi) is 5.50. The smallest absolute Gasteiger partial charge is 0.295 e. The molecule has 3 rings (SSSR count). The van der Waals surface area contributed by atoms with E-state index >= 15 is 0 Å². The summed E-state index contributed by atoms with van der Waals surface area (Å²) in [6, 6.07) is 7.26. The Balaban J connectivity index is 1.72. The number of aromatic nitrogens is 1. The van der Waals surface area contributed by atoms with Crippen molar-refractivity contribution in [2.75, 3.05) is 26.2 Å². The number of piperazine rings is 1. The maximum Gasteiger partial charge on any atom is 0.419 e. The highest BCUT2D eigenvalue weighted by molar-refractivity contribution is 7.89. The van der Waals surface area contributed by atoms with Gasteiger partial charge in [0.05, 0.1) is 16.2 Å². The van der Waals surface area contributed by atoms with Crippen molar-refractivity contribution < 1.29 is 26.0 Å². The predicted octanol–water partition coefficient (Wildman–Crippen LogP) is 2.75. The fraction of sp³-hybridized carbons (Fsp3) is 0.353. The van der Waals surface area contributed by atoms with Crippen LogP contribution >= 0.6 is 0 Å². The van der Waals surface area contributed by atoms with E-state index in [4.69, 9.17) is 0 Å². The van der Waals surface area contributed by atoms with E-state index in [0.717, 1.165) is 16.1 Å². The zero-order chi connectivity index (χ0) is 19.7. The second-order valence-electron chi connectivity index (χ2n) is 6.14. The van der Waals surface area contributed by atoms with Gasteiger partial charge in [0.1, 0.15) is 5.82 Å². The number of hydrogen-bond acceptors (Lipinski definition) is 4. The first-order chi connectivity index (χ1) is 12.7. The van der Waals surface area contributed by atoms with Crippen LogP contribution in [0.25, 0.3) is 0 Å². The van der Waals surface area contributed by atoms with Gasteiger partial charge >= 0.3 is 6.18 Å². The molecule has 1 saturated heterocycles. The molecule has 0 bridgehead atoms. The molecule has 0 N–H and O–H groups in total. The molecule has 0 saturated carbocycles. The number of halogens is 4. The van der Waals surface area contributed by atoms with Gasteiger partial charge < -0.3 is 0 Å². The fourth-order valence-electron chi connectivity index (χ4n) is 2.88. The van der Waals surface area contributed by atoms with Crippen LogP contribution in [-0.2, 0) is 22.7 Å². The second-order valence-corrected chi connectivity index (χ2v) is 8.08.